The van der Waals surface area contributed by atoms with E-state index < -0.39 is 0 Å². The summed E-state index contributed by atoms with van der Waals surface area (Å²) in [6, 6.07) is 24.3. The van der Waals surface area contributed by atoms with E-state index >= 15 is 0 Å². The predicted octanol–water partition coefficient (Wildman–Crippen LogP) is 7.85. The molecule has 1 unspecified atom stereocenters. The molecular formula is C27H28Cl2N2O. The van der Waals surface area contributed by atoms with Crippen LogP contribution in [-0.4, -0.2) is 13.1 Å². The van der Waals surface area contributed by atoms with Crippen LogP contribution in [0.5, 0.6) is 0 Å². The van der Waals surface area contributed by atoms with Crippen molar-refractivity contribution in [2.75, 3.05) is 23.1 Å². The van der Waals surface area contributed by atoms with Crippen molar-refractivity contribution in [2.24, 2.45) is 0 Å². The SMILES string of the molecule is CCN(CC)c1ccc(N2OC(CCc3ccccc3)=CC2c2c(Cl)cccc2Cl)cc1. The Kier molecular flexibility index (Phi) is 7.29. The molecule has 3 aromatic rings. The largest absolute Gasteiger partial charge is 0.383 e. The van der Waals surface area contributed by atoms with Gasteiger partial charge in [0.25, 0.3) is 0 Å². The van der Waals surface area contributed by atoms with Gasteiger partial charge >= 0.3 is 0 Å². The molecule has 0 saturated heterocycles. The maximum atomic E-state index is 6.58. The first-order valence-corrected chi connectivity index (χ1v) is 11.9. The van der Waals surface area contributed by atoms with Gasteiger partial charge in [0.2, 0.25) is 0 Å². The lowest BCUT2D eigenvalue weighted by Crippen LogP contribution is -2.24. The van der Waals surface area contributed by atoms with Crippen LogP contribution in [0.3, 0.4) is 0 Å². The molecule has 0 fully saturated rings. The molecule has 0 aromatic heterocycles. The van der Waals surface area contributed by atoms with Gasteiger partial charge in [-0.2, -0.15) is 5.06 Å². The van der Waals surface area contributed by atoms with Crippen molar-refractivity contribution in [3.8, 4) is 0 Å². The van der Waals surface area contributed by atoms with Gasteiger partial charge in [-0.25, -0.2) is 0 Å². The van der Waals surface area contributed by atoms with E-state index in [1.54, 1.807) is 0 Å². The van der Waals surface area contributed by atoms with Crippen LogP contribution in [0, 0.1) is 0 Å². The number of rotatable bonds is 8. The smallest absolute Gasteiger partial charge is 0.131 e. The van der Waals surface area contributed by atoms with Crippen molar-refractivity contribution >= 4 is 34.6 Å². The van der Waals surface area contributed by atoms with Gasteiger partial charge in [0.05, 0.1) is 5.69 Å². The highest BCUT2D eigenvalue weighted by molar-refractivity contribution is 6.36. The fourth-order valence-corrected chi connectivity index (χ4v) is 4.73. The lowest BCUT2D eigenvalue weighted by atomic mass is 10.0. The van der Waals surface area contributed by atoms with Crippen molar-refractivity contribution < 1.29 is 4.84 Å². The Labute approximate surface area is 200 Å². The van der Waals surface area contributed by atoms with E-state index in [0.717, 1.165) is 42.9 Å². The summed E-state index contributed by atoms with van der Waals surface area (Å²) in [6.07, 6.45) is 3.84. The number of allylic oxidation sites excluding steroid dienone is 1. The number of benzene rings is 3. The average Bonchev–Trinajstić information content (AvgIpc) is 3.23. The second kappa shape index (κ2) is 10.3. The van der Waals surface area contributed by atoms with E-state index in [1.807, 2.05) is 29.3 Å². The fraction of sp³-hybridized carbons (Fsp3) is 0.259. The molecule has 1 aliphatic rings. The number of hydrogen-bond donors (Lipinski definition) is 0. The van der Waals surface area contributed by atoms with Gasteiger partial charge in [-0.05, 0) is 68.3 Å². The molecule has 4 rings (SSSR count). The summed E-state index contributed by atoms with van der Waals surface area (Å²) in [6.45, 7) is 6.27. The van der Waals surface area contributed by atoms with Crippen LogP contribution in [-0.2, 0) is 11.3 Å². The van der Waals surface area contributed by atoms with Crippen molar-refractivity contribution in [1.29, 1.82) is 0 Å². The van der Waals surface area contributed by atoms with Crippen LogP contribution in [0.1, 0.15) is 37.4 Å². The number of nitrogens with zero attached hydrogens (tertiary/aromatic N) is 2. The lowest BCUT2D eigenvalue weighted by molar-refractivity contribution is 0.186. The topological polar surface area (TPSA) is 15.7 Å². The first-order valence-electron chi connectivity index (χ1n) is 11.1. The standard InChI is InChI=1S/C27H28Cl2N2O/c1-3-30(4-2)21-14-16-22(17-15-21)31-26(27-24(28)11-8-12-25(27)29)19-23(32-31)18-13-20-9-6-5-7-10-20/h5-12,14-17,19,26H,3-4,13,18H2,1-2H3. The highest BCUT2D eigenvalue weighted by Crippen LogP contribution is 2.42. The van der Waals surface area contributed by atoms with Crippen molar-refractivity contribution in [2.45, 2.75) is 32.7 Å². The number of anilines is 2. The van der Waals surface area contributed by atoms with Crippen LogP contribution in [0.4, 0.5) is 11.4 Å². The predicted molar refractivity (Wildman–Crippen MR) is 136 cm³/mol. The van der Waals surface area contributed by atoms with E-state index in [-0.39, 0.29) is 6.04 Å². The van der Waals surface area contributed by atoms with Gasteiger partial charge in [0, 0.05) is 40.8 Å². The first-order chi connectivity index (χ1) is 15.6. The summed E-state index contributed by atoms with van der Waals surface area (Å²) in [7, 11) is 0. The van der Waals surface area contributed by atoms with Gasteiger partial charge in [0.15, 0.2) is 0 Å². The van der Waals surface area contributed by atoms with Crippen molar-refractivity contribution in [3.63, 3.8) is 0 Å². The summed E-state index contributed by atoms with van der Waals surface area (Å²) >= 11 is 13.2. The Hall–Kier alpha value is -2.62. The molecule has 1 aliphatic heterocycles. The lowest BCUT2D eigenvalue weighted by Gasteiger charge is -2.28. The number of halogens is 2. The zero-order chi connectivity index (χ0) is 22.5. The molecule has 32 heavy (non-hydrogen) atoms. The van der Waals surface area contributed by atoms with Crippen LogP contribution < -0.4 is 9.96 Å². The van der Waals surface area contributed by atoms with Gasteiger partial charge in [-0.3, -0.25) is 0 Å². The Morgan fingerprint density at radius 2 is 1.47 bits per heavy atom. The van der Waals surface area contributed by atoms with Gasteiger partial charge < -0.3 is 9.74 Å². The molecule has 166 valence electrons. The normalized spacial score (nSPS) is 15.4. The highest BCUT2D eigenvalue weighted by Gasteiger charge is 2.32. The van der Waals surface area contributed by atoms with E-state index in [0.29, 0.717) is 10.0 Å². The summed E-state index contributed by atoms with van der Waals surface area (Å²) < 4.78 is 0. The van der Waals surface area contributed by atoms with E-state index in [4.69, 9.17) is 28.0 Å². The minimum atomic E-state index is -0.193. The molecule has 3 nitrogen and oxygen atoms in total. The fourth-order valence-electron chi connectivity index (χ4n) is 4.10. The molecule has 1 atom stereocenters. The Bertz CT molecular complexity index is 1040. The molecule has 0 radical (unpaired) electrons. The van der Waals surface area contributed by atoms with E-state index in [2.05, 4.69) is 73.4 Å². The van der Waals surface area contributed by atoms with Crippen LogP contribution in [0.2, 0.25) is 10.0 Å². The monoisotopic (exact) mass is 466 g/mol. The van der Waals surface area contributed by atoms with Gasteiger partial charge in [0.1, 0.15) is 11.8 Å². The number of hydrogen-bond acceptors (Lipinski definition) is 3. The van der Waals surface area contributed by atoms with Gasteiger partial charge in [-0.1, -0.05) is 59.6 Å². The summed E-state index contributed by atoms with van der Waals surface area (Å²) in [4.78, 5) is 8.68. The van der Waals surface area contributed by atoms with E-state index in [1.165, 1.54) is 11.3 Å². The maximum Gasteiger partial charge on any atom is 0.131 e. The molecule has 0 N–H and O–H groups in total. The molecule has 1 heterocycles. The molecule has 0 bridgehead atoms. The second-order valence-electron chi connectivity index (χ2n) is 7.80. The number of aryl methyl sites for hydroxylation is 1. The summed E-state index contributed by atoms with van der Waals surface area (Å²) in [5, 5.41) is 3.19. The molecule has 0 saturated carbocycles. The Balaban J connectivity index is 1.63. The van der Waals surface area contributed by atoms with Crippen LogP contribution in [0.15, 0.2) is 84.6 Å². The minimum Gasteiger partial charge on any atom is -0.383 e. The first kappa shape index (κ1) is 22.6. The Morgan fingerprint density at radius 1 is 0.812 bits per heavy atom. The average molecular weight is 467 g/mol. The second-order valence-corrected chi connectivity index (χ2v) is 8.62. The third kappa shape index (κ3) is 4.90. The van der Waals surface area contributed by atoms with E-state index in [9.17, 15) is 0 Å². The summed E-state index contributed by atoms with van der Waals surface area (Å²) in [5.74, 6) is 0.919. The molecule has 0 spiro atoms. The molecule has 0 amide bonds. The van der Waals surface area contributed by atoms with Crippen molar-refractivity contribution in [3.05, 3.63) is 106 Å². The minimum absolute atomic E-state index is 0.193. The quantitative estimate of drug-likeness (QED) is 0.336. The zero-order valence-corrected chi connectivity index (χ0v) is 20.0. The number of hydroxylamine groups is 1. The third-order valence-electron chi connectivity index (χ3n) is 5.84. The molecule has 0 aliphatic carbocycles. The molecule has 3 aromatic carbocycles. The van der Waals surface area contributed by atoms with Crippen LogP contribution in [0.25, 0.3) is 0 Å². The third-order valence-corrected chi connectivity index (χ3v) is 6.50. The van der Waals surface area contributed by atoms with Crippen LogP contribution >= 0.6 is 23.2 Å². The highest BCUT2D eigenvalue weighted by atomic mass is 35.5. The Morgan fingerprint density at radius 3 is 2.09 bits per heavy atom. The van der Waals surface area contributed by atoms with Crippen molar-refractivity contribution in [1.82, 2.24) is 0 Å². The molecular weight excluding hydrogens is 439 g/mol. The molecule has 5 heteroatoms. The van der Waals surface area contributed by atoms with Gasteiger partial charge in [-0.15, -0.1) is 0 Å². The zero-order valence-electron chi connectivity index (χ0n) is 18.5. The summed E-state index contributed by atoms with van der Waals surface area (Å²) in [5.41, 5.74) is 4.31. The maximum absolute atomic E-state index is 6.58.